The fourth-order valence-electron chi connectivity index (χ4n) is 2.07. The molecule has 1 aliphatic heterocycles. The molecule has 0 aliphatic carbocycles. The molecular weight excluding hydrogens is 218 g/mol. The fourth-order valence-corrected chi connectivity index (χ4v) is 2.07. The highest BCUT2D eigenvalue weighted by Gasteiger charge is 2.34. The fraction of sp³-hybridized carbons (Fsp3) is 0.385. The van der Waals surface area contributed by atoms with Crippen molar-refractivity contribution in [2.24, 2.45) is 0 Å². The Bertz CT molecular complexity index is 429. The first-order valence-electron chi connectivity index (χ1n) is 5.79. The van der Waals surface area contributed by atoms with E-state index in [1.54, 1.807) is 0 Å². The Morgan fingerprint density at radius 2 is 1.76 bits per heavy atom. The lowest BCUT2D eigenvalue weighted by Gasteiger charge is -2.18. The van der Waals surface area contributed by atoms with Gasteiger partial charge in [-0.05, 0) is 24.0 Å². The Hall–Kier alpha value is -1.84. The largest absolute Gasteiger partial charge is 0.439 e. The number of cyclic esters (lactones) is 1. The van der Waals surface area contributed by atoms with E-state index in [1.165, 1.54) is 0 Å². The van der Waals surface area contributed by atoms with E-state index in [2.05, 4.69) is 0 Å². The lowest BCUT2D eigenvalue weighted by molar-refractivity contribution is -0.117. The summed E-state index contributed by atoms with van der Waals surface area (Å²) in [5.74, 6) is -0.286. The van der Waals surface area contributed by atoms with Crippen LogP contribution in [0.2, 0.25) is 0 Å². The minimum atomic E-state index is -0.564. The van der Waals surface area contributed by atoms with Crippen LogP contribution in [-0.4, -0.2) is 18.6 Å². The van der Waals surface area contributed by atoms with E-state index in [9.17, 15) is 9.59 Å². The Morgan fingerprint density at radius 1 is 1.18 bits per heavy atom. The van der Waals surface area contributed by atoms with Crippen LogP contribution in [-0.2, 0) is 22.4 Å². The Labute approximate surface area is 100 Å². The maximum absolute atomic E-state index is 11.7. The average Bonchev–Trinajstić information content (AvgIpc) is 2.68. The first-order chi connectivity index (χ1) is 8.19. The monoisotopic (exact) mass is 233 g/mol. The van der Waals surface area contributed by atoms with Crippen LogP contribution in [0, 0.1) is 0 Å². The Morgan fingerprint density at radius 3 is 2.18 bits per heavy atom. The third kappa shape index (κ3) is 1.90. The van der Waals surface area contributed by atoms with Crippen LogP contribution in [0.25, 0.3) is 0 Å². The molecule has 0 aromatic heterocycles. The minimum Gasteiger partial charge on any atom is -0.439 e. The molecule has 0 N–H and O–H groups in total. The lowest BCUT2D eigenvalue weighted by atomic mass is 10.0. The van der Waals surface area contributed by atoms with Gasteiger partial charge in [-0.15, -0.1) is 0 Å². The van der Waals surface area contributed by atoms with E-state index >= 15 is 0 Å². The molecule has 0 bridgehead atoms. The van der Waals surface area contributed by atoms with Gasteiger partial charge >= 0.3 is 6.09 Å². The van der Waals surface area contributed by atoms with Gasteiger partial charge in [0.05, 0.1) is 5.69 Å². The molecule has 1 fully saturated rings. The van der Waals surface area contributed by atoms with Gasteiger partial charge in [-0.3, -0.25) is 4.79 Å². The maximum atomic E-state index is 11.7. The summed E-state index contributed by atoms with van der Waals surface area (Å²) in [7, 11) is 0. The van der Waals surface area contributed by atoms with E-state index in [-0.39, 0.29) is 12.5 Å². The first kappa shape index (κ1) is 11.6. The molecule has 2 amide bonds. The van der Waals surface area contributed by atoms with Gasteiger partial charge in [0, 0.05) is 0 Å². The zero-order valence-electron chi connectivity index (χ0n) is 10.0. The normalized spacial score (nSPS) is 15.3. The molecule has 0 unspecified atom stereocenters. The molecule has 4 nitrogen and oxygen atoms in total. The molecule has 0 saturated carbocycles. The van der Waals surface area contributed by atoms with Crippen molar-refractivity contribution in [2.45, 2.75) is 26.7 Å². The second-order valence-electron chi connectivity index (χ2n) is 3.92. The first-order valence-corrected chi connectivity index (χ1v) is 5.79. The highest BCUT2D eigenvalue weighted by molar-refractivity contribution is 6.17. The number of nitrogens with zero attached hydrogens (tertiary/aromatic N) is 1. The molecule has 90 valence electrons. The lowest BCUT2D eigenvalue weighted by Crippen LogP contribution is -2.30. The van der Waals surface area contributed by atoms with E-state index in [1.807, 2.05) is 32.0 Å². The van der Waals surface area contributed by atoms with E-state index in [4.69, 9.17) is 4.74 Å². The zero-order valence-corrected chi connectivity index (χ0v) is 10.0. The molecule has 2 rings (SSSR count). The van der Waals surface area contributed by atoms with Crippen molar-refractivity contribution >= 4 is 17.7 Å². The van der Waals surface area contributed by atoms with Gasteiger partial charge in [0.25, 0.3) is 5.91 Å². The van der Waals surface area contributed by atoms with Crippen molar-refractivity contribution in [2.75, 3.05) is 11.5 Å². The summed E-state index contributed by atoms with van der Waals surface area (Å²) in [6, 6.07) is 5.83. The van der Waals surface area contributed by atoms with Crippen molar-refractivity contribution < 1.29 is 14.3 Å². The number of aryl methyl sites for hydroxylation is 2. The number of benzene rings is 1. The van der Waals surface area contributed by atoms with Gasteiger partial charge in [-0.25, -0.2) is 9.69 Å². The summed E-state index contributed by atoms with van der Waals surface area (Å²) >= 11 is 0. The van der Waals surface area contributed by atoms with Crippen LogP contribution in [0.4, 0.5) is 10.5 Å². The van der Waals surface area contributed by atoms with Crippen molar-refractivity contribution in [3.63, 3.8) is 0 Å². The molecular formula is C13H15NO3. The number of amides is 2. The number of rotatable bonds is 3. The highest BCUT2D eigenvalue weighted by Crippen LogP contribution is 2.29. The standard InChI is InChI=1S/C13H15NO3/c1-3-9-6-5-7-10(4-2)12(9)14-11(15)8-17-13(14)16/h5-7H,3-4,8H2,1-2H3. The van der Waals surface area contributed by atoms with Gasteiger partial charge in [-0.1, -0.05) is 32.0 Å². The van der Waals surface area contributed by atoms with Gasteiger partial charge < -0.3 is 4.74 Å². The van der Waals surface area contributed by atoms with Gasteiger partial charge in [0.1, 0.15) is 0 Å². The summed E-state index contributed by atoms with van der Waals surface area (Å²) in [6.45, 7) is 3.86. The second kappa shape index (κ2) is 4.57. The molecule has 4 heteroatoms. The van der Waals surface area contributed by atoms with Crippen LogP contribution in [0.3, 0.4) is 0 Å². The maximum Gasteiger partial charge on any atom is 0.421 e. The summed E-state index contributed by atoms with van der Waals surface area (Å²) in [5.41, 5.74) is 2.71. The van der Waals surface area contributed by atoms with Gasteiger partial charge in [0.15, 0.2) is 6.61 Å². The second-order valence-corrected chi connectivity index (χ2v) is 3.92. The zero-order chi connectivity index (χ0) is 12.4. The van der Waals surface area contributed by atoms with Crippen molar-refractivity contribution in [1.82, 2.24) is 0 Å². The molecule has 0 atom stereocenters. The molecule has 0 radical (unpaired) electrons. The van der Waals surface area contributed by atoms with Gasteiger partial charge in [0.2, 0.25) is 0 Å². The third-order valence-corrected chi connectivity index (χ3v) is 2.94. The average molecular weight is 233 g/mol. The molecule has 17 heavy (non-hydrogen) atoms. The van der Waals surface area contributed by atoms with Crippen molar-refractivity contribution in [1.29, 1.82) is 0 Å². The molecule has 1 heterocycles. The Balaban J connectivity index is 2.56. The molecule has 1 aromatic rings. The summed E-state index contributed by atoms with van der Waals surface area (Å²) in [4.78, 5) is 24.5. The van der Waals surface area contributed by atoms with Crippen molar-refractivity contribution in [3.05, 3.63) is 29.3 Å². The van der Waals surface area contributed by atoms with Crippen molar-refractivity contribution in [3.8, 4) is 0 Å². The predicted octanol–water partition coefficient (Wildman–Crippen LogP) is 2.29. The Kier molecular flexibility index (Phi) is 3.13. The van der Waals surface area contributed by atoms with Gasteiger partial charge in [-0.2, -0.15) is 0 Å². The third-order valence-electron chi connectivity index (χ3n) is 2.94. The summed E-state index contributed by atoms with van der Waals surface area (Å²) in [6.07, 6.45) is 0.992. The highest BCUT2D eigenvalue weighted by atomic mass is 16.6. The summed E-state index contributed by atoms with van der Waals surface area (Å²) in [5, 5.41) is 0. The number of hydrogen-bond donors (Lipinski definition) is 0. The number of anilines is 1. The quantitative estimate of drug-likeness (QED) is 0.804. The number of hydrogen-bond acceptors (Lipinski definition) is 3. The number of ether oxygens (including phenoxy) is 1. The van der Waals surface area contributed by atoms with Crippen LogP contribution >= 0.6 is 0 Å². The SMILES string of the molecule is CCc1cccc(CC)c1N1C(=O)COC1=O. The minimum absolute atomic E-state index is 0.153. The van der Waals surface area contributed by atoms with Crippen LogP contribution in [0.1, 0.15) is 25.0 Å². The smallest absolute Gasteiger partial charge is 0.421 e. The molecule has 0 spiro atoms. The number of imide groups is 1. The number of carbonyl (C=O) groups is 2. The number of para-hydroxylation sites is 1. The van der Waals surface area contributed by atoms with E-state index < -0.39 is 6.09 Å². The molecule has 1 aromatic carbocycles. The van der Waals surface area contributed by atoms with Crippen LogP contribution in [0.15, 0.2) is 18.2 Å². The molecule has 1 aliphatic rings. The number of carbonyl (C=O) groups excluding carboxylic acids is 2. The van der Waals surface area contributed by atoms with E-state index in [0.29, 0.717) is 5.69 Å². The summed E-state index contributed by atoms with van der Waals surface area (Å²) < 4.78 is 4.77. The van der Waals surface area contributed by atoms with Crippen LogP contribution in [0.5, 0.6) is 0 Å². The molecule has 1 saturated heterocycles. The topological polar surface area (TPSA) is 46.6 Å². The van der Waals surface area contributed by atoms with E-state index in [0.717, 1.165) is 28.9 Å². The predicted molar refractivity (Wildman–Crippen MR) is 64.0 cm³/mol. The van der Waals surface area contributed by atoms with Crippen LogP contribution < -0.4 is 4.90 Å².